The minimum atomic E-state index is 0.673. The number of nitrogens with one attached hydrogen (secondary N) is 2. The zero-order valence-electron chi connectivity index (χ0n) is 11.5. The summed E-state index contributed by atoms with van der Waals surface area (Å²) in [5.74, 6) is 1.57. The van der Waals surface area contributed by atoms with E-state index in [1.807, 2.05) is 20.0 Å². The first kappa shape index (κ1) is 13.1. The van der Waals surface area contributed by atoms with Gasteiger partial charge in [-0.3, -0.25) is 4.90 Å². The fourth-order valence-corrected chi connectivity index (χ4v) is 2.14. The van der Waals surface area contributed by atoms with Gasteiger partial charge in [0.1, 0.15) is 5.82 Å². The molecule has 5 heteroatoms. The van der Waals surface area contributed by atoms with Gasteiger partial charge in [-0.2, -0.15) is 4.98 Å². The Morgan fingerprint density at radius 3 is 2.78 bits per heavy atom. The monoisotopic (exact) mass is 249 g/mol. The topological polar surface area (TPSA) is 53.1 Å². The molecule has 0 radical (unpaired) electrons. The molecule has 18 heavy (non-hydrogen) atoms. The summed E-state index contributed by atoms with van der Waals surface area (Å²) in [6.07, 6.45) is 2.73. The second kappa shape index (κ2) is 6.00. The van der Waals surface area contributed by atoms with E-state index in [1.54, 1.807) is 0 Å². The molecule has 0 bridgehead atoms. The molecule has 2 rings (SSSR count). The zero-order valence-corrected chi connectivity index (χ0v) is 11.5. The molecule has 0 saturated heterocycles. The molecule has 0 atom stereocenters. The largest absolute Gasteiger partial charge is 0.369 e. The summed E-state index contributed by atoms with van der Waals surface area (Å²) in [7, 11) is 1.84. The highest BCUT2D eigenvalue weighted by Crippen LogP contribution is 2.25. The number of aryl methyl sites for hydroxylation is 1. The summed E-state index contributed by atoms with van der Waals surface area (Å²) in [5.41, 5.74) is 0.978. The van der Waals surface area contributed by atoms with Gasteiger partial charge in [0.15, 0.2) is 0 Å². The zero-order chi connectivity index (χ0) is 13.0. The first-order chi connectivity index (χ1) is 8.72. The maximum Gasteiger partial charge on any atom is 0.224 e. The molecule has 1 heterocycles. The molecule has 0 aliphatic heterocycles. The van der Waals surface area contributed by atoms with Crippen molar-refractivity contribution >= 4 is 11.8 Å². The highest BCUT2D eigenvalue weighted by molar-refractivity contribution is 5.41. The Hall–Kier alpha value is -1.36. The predicted octanol–water partition coefficient (Wildman–Crippen LogP) is 1.72. The van der Waals surface area contributed by atoms with Crippen molar-refractivity contribution in [3.63, 3.8) is 0 Å². The summed E-state index contributed by atoms with van der Waals surface area (Å²) >= 11 is 0. The smallest absolute Gasteiger partial charge is 0.224 e. The van der Waals surface area contributed by atoms with Crippen molar-refractivity contribution in [2.75, 3.05) is 37.3 Å². The Morgan fingerprint density at radius 2 is 2.17 bits per heavy atom. The Balaban J connectivity index is 1.83. The van der Waals surface area contributed by atoms with Gasteiger partial charge in [-0.15, -0.1) is 0 Å². The third-order valence-corrected chi connectivity index (χ3v) is 3.25. The average molecular weight is 249 g/mol. The first-order valence-corrected chi connectivity index (χ1v) is 6.74. The van der Waals surface area contributed by atoms with Crippen LogP contribution in [0.15, 0.2) is 6.07 Å². The molecular formula is C13H23N5. The van der Waals surface area contributed by atoms with Crippen molar-refractivity contribution in [2.24, 2.45) is 0 Å². The molecule has 0 unspecified atom stereocenters. The number of aromatic nitrogens is 2. The maximum absolute atomic E-state index is 4.38. The number of nitrogens with zero attached hydrogens (tertiary/aromatic N) is 3. The van der Waals surface area contributed by atoms with Crippen LogP contribution in [0.5, 0.6) is 0 Å². The minimum absolute atomic E-state index is 0.673. The molecule has 1 aromatic rings. The highest BCUT2D eigenvalue weighted by atomic mass is 15.2. The molecule has 5 nitrogen and oxygen atoms in total. The average Bonchev–Trinajstić information content (AvgIpc) is 3.18. The third kappa shape index (κ3) is 3.57. The van der Waals surface area contributed by atoms with Crippen molar-refractivity contribution in [1.82, 2.24) is 14.9 Å². The van der Waals surface area contributed by atoms with Crippen LogP contribution in [0.25, 0.3) is 0 Å². The normalized spacial score (nSPS) is 14.9. The molecule has 1 aliphatic carbocycles. The lowest BCUT2D eigenvalue weighted by Crippen LogP contribution is -2.31. The molecule has 1 saturated carbocycles. The van der Waals surface area contributed by atoms with E-state index < -0.39 is 0 Å². The van der Waals surface area contributed by atoms with Crippen LogP contribution in [0.4, 0.5) is 11.8 Å². The fraction of sp³-hybridized carbons (Fsp3) is 0.692. The van der Waals surface area contributed by atoms with Gasteiger partial charge in [0.25, 0.3) is 0 Å². The van der Waals surface area contributed by atoms with E-state index in [2.05, 4.69) is 32.4 Å². The number of likely N-dealkylation sites (N-methyl/N-ethyl adjacent to an activating group) is 1. The Labute approximate surface area is 109 Å². The summed E-state index contributed by atoms with van der Waals surface area (Å²) in [6.45, 7) is 7.36. The second-order valence-electron chi connectivity index (χ2n) is 4.75. The summed E-state index contributed by atoms with van der Waals surface area (Å²) in [5, 5.41) is 6.35. The number of hydrogen-bond donors (Lipinski definition) is 2. The van der Waals surface area contributed by atoms with Crippen molar-refractivity contribution < 1.29 is 0 Å². The maximum atomic E-state index is 4.38. The van der Waals surface area contributed by atoms with Gasteiger partial charge in [0.05, 0.1) is 0 Å². The standard InChI is InChI=1S/C13H23N5/c1-4-18(11-5-6-11)8-7-15-12-9-10(2)16-13(14-3)17-12/h9,11H,4-8H2,1-3H3,(H2,14,15,16,17). The van der Waals surface area contributed by atoms with Crippen molar-refractivity contribution in [1.29, 1.82) is 0 Å². The summed E-state index contributed by atoms with van der Waals surface area (Å²) in [4.78, 5) is 11.2. The van der Waals surface area contributed by atoms with Crippen LogP contribution in [0.2, 0.25) is 0 Å². The lowest BCUT2D eigenvalue weighted by molar-refractivity contribution is 0.289. The summed E-state index contributed by atoms with van der Waals surface area (Å²) < 4.78 is 0. The van der Waals surface area contributed by atoms with E-state index in [4.69, 9.17) is 0 Å². The molecule has 0 amide bonds. The fourth-order valence-electron chi connectivity index (χ4n) is 2.14. The van der Waals surface area contributed by atoms with Gasteiger partial charge in [-0.1, -0.05) is 6.92 Å². The van der Waals surface area contributed by atoms with Gasteiger partial charge in [0, 0.05) is 37.9 Å². The van der Waals surface area contributed by atoms with Gasteiger partial charge >= 0.3 is 0 Å². The van der Waals surface area contributed by atoms with Crippen LogP contribution in [0.3, 0.4) is 0 Å². The molecule has 2 N–H and O–H groups in total. The van der Waals surface area contributed by atoms with Gasteiger partial charge in [-0.25, -0.2) is 4.98 Å². The van der Waals surface area contributed by atoms with E-state index >= 15 is 0 Å². The lowest BCUT2D eigenvalue weighted by atomic mass is 10.4. The van der Waals surface area contributed by atoms with Crippen LogP contribution < -0.4 is 10.6 Å². The minimum Gasteiger partial charge on any atom is -0.369 e. The molecule has 0 aromatic carbocycles. The van der Waals surface area contributed by atoms with Crippen LogP contribution in [-0.4, -0.2) is 47.6 Å². The highest BCUT2D eigenvalue weighted by Gasteiger charge is 2.27. The van der Waals surface area contributed by atoms with Crippen LogP contribution in [-0.2, 0) is 0 Å². The van der Waals surface area contributed by atoms with Crippen LogP contribution in [0, 0.1) is 6.92 Å². The SMILES string of the molecule is CCN(CCNc1cc(C)nc(NC)n1)C1CC1. The first-order valence-electron chi connectivity index (χ1n) is 6.74. The molecule has 1 aliphatic rings. The van der Waals surface area contributed by atoms with Crippen molar-refractivity contribution in [2.45, 2.75) is 32.7 Å². The molecule has 1 fully saturated rings. The predicted molar refractivity (Wildman–Crippen MR) is 75.1 cm³/mol. The summed E-state index contributed by atoms with van der Waals surface area (Å²) in [6, 6.07) is 2.81. The van der Waals surface area contributed by atoms with Gasteiger partial charge < -0.3 is 10.6 Å². The van der Waals surface area contributed by atoms with Crippen molar-refractivity contribution in [3.05, 3.63) is 11.8 Å². The quantitative estimate of drug-likeness (QED) is 0.770. The van der Waals surface area contributed by atoms with E-state index in [9.17, 15) is 0 Å². The van der Waals surface area contributed by atoms with E-state index in [1.165, 1.54) is 12.8 Å². The third-order valence-electron chi connectivity index (χ3n) is 3.25. The van der Waals surface area contributed by atoms with Gasteiger partial charge in [0.2, 0.25) is 5.95 Å². The Kier molecular flexibility index (Phi) is 4.36. The number of hydrogen-bond acceptors (Lipinski definition) is 5. The van der Waals surface area contributed by atoms with Crippen LogP contribution >= 0.6 is 0 Å². The van der Waals surface area contributed by atoms with Gasteiger partial charge in [-0.05, 0) is 26.3 Å². The molecule has 1 aromatic heterocycles. The van der Waals surface area contributed by atoms with Crippen molar-refractivity contribution in [3.8, 4) is 0 Å². The Bertz CT molecular complexity index is 389. The van der Waals surface area contributed by atoms with E-state index in [-0.39, 0.29) is 0 Å². The van der Waals surface area contributed by atoms with Crippen LogP contribution in [0.1, 0.15) is 25.5 Å². The number of anilines is 2. The second-order valence-corrected chi connectivity index (χ2v) is 4.75. The van der Waals surface area contributed by atoms with E-state index in [0.717, 1.165) is 37.2 Å². The molecule has 100 valence electrons. The van der Waals surface area contributed by atoms with E-state index in [0.29, 0.717) is 5.95 Å². The lowest BCUT2D eigenvalue weighted by Gasteiger charge is -2.20. The Morgan fingerprint density at radius 1 is 1.39 bits per heavy atom. The molecule has 0 spiro atoms. The molecular weight excluding hydrogens is 226 g/mol. The number of rotatable bonds is 7.